The van der Waals surface area contributed by atoms with Gasteiger partial charge in [-0.15, -0.1) is 11.3 Å². The van der Waals surface area contributed by atoms with E-state index in [0.29, 0.717) is 17.5 Å². The third-order valence-electron chi connectivity index (χ3n) is 13.5. The molecule has 0 aliphatic heterocycles. The molecule has 68 heavy (non-hydrogen) atoms. The van der Waals surface area contributed by atoms with Gasteiger partial charge in [-0.3, -0.25) is 0 Å². The van der Waals surface area contributed by atoms with Crippen LogP contribution < -0.4 is 0 Å². The summed E-state index contributed by atoms with van der Waals surface area (Å²) in [6.07, 6.45) is 13.7. The van der Waals surface area contributed by atoms with E-state index < -0.39 is 0 Å². The summed E-state index contributed by atoms with van der Waals surface area (Å²) < 4.78 is 5.08. The molecule has 1 aliphatic rings. The molecule has 4 nitrogen and oxygen atoms in total. The number of aromatic nitrogens is 4. The SMILES string of the molecule is C=C/C=C(/c1nc(-c2ccc(-c3ccccc3)cc2)nc(-c2cc(-c3ccccc3)c(-n3c4ccccc4c4ccc5sc6ccccc6c5c43)c(-c3ccccc3)c2)n1)C(C)C1C=CC=CC1. The van der Waals surface area contributed by atoms with E-state index in [1.807, 2.05) is 23.5 Å². The quantitative estimate of drug-likeness (QED) is 0.129. The number of nitrogens with zero attached hydrogens (tertiary/aromatic N) is 4. The molecule has 0 saturated carbocycles. The molecule has 0 N–H and O–H groups in total. The van der Waals surface area contributed by atoms with Crippen molar-refractivity contribution < 1.29 is 0 Å². The molecule has 0 fully saturated rings. The minimum absolute atomic E-state index is 0.111. The normalized spacial score (nSPS) is 14.3. The number of fused-ring (bicyclic) bond motifs is 7. The van der Waals surface area contributed by atoms with Crippen molar-refractivity contribution in [2.24, 2.45) is 11.8 Å². The lowest BCUT2D eigenvalue weighted by atomic mass is 9.82. The summed E-state index contributed by atoms with van der Waals surface area (Å²) in [7, 11) is 0. The summed E-state index contributed by atoms with van der Waals surface area (Å²) in [5, 5.41) is 4.97. The van der Waals surface area contributed by atoms with E-state index in [-0.39, 0.29) is 11.8 Å². The van der Waals surface area contributed by atoms with Crippen molar-refractivity contribution in [1.82, 2.24) is 19.5 Å². The van der Waals surface area contributed by atoms with E-state index in [0.717, 1.165) is 67.7 Å². The fourth-order valence-corrected chi connectivity index (χ4v) is 11.2. The van der Waals surface area contributed by atoms with Crippen LogP contribution in [0, 0.1) is 11.8 Å². The van der Waals surface area contributed by atoms with Crippen LogP contribution in [0.4, 0.5) is 0 Å². The Morgan fingerprint density at radius 2 is 1.16 bits per heavy atom. The fourth-order valence-electron chi connectivity index (χ4n) is 10.1. The van der Waals surface area contributed by atoms with Crippen molar-refractivity contribution in [1.29, 1.82) is 0 Å². The second kappa shape index (κ2) is 17.5. The van der Waals surface area contributed by atoms with Crippen molar-refractivity contribution in [2.75, 3.05) is 0 Å². The van der Waals surface area contributed by atoms with Crippen LogP contribution in [0.3, 0.4) is 0 Å². The lowest BCUT2D eigenvalue weighted by Crippen LogP contribution is -2.15. The van der Waals surface area contributed by atoms with Gasteiger partial charge in [0.05, 0.1) is 16.7 Å². The molecule has 3 heterocycles. The number of thiophene rings is 1. The van der Waals surface area contributed by atoms with E-state index in [4.69, 9.17) is 15.0 Å². The third-order valence-corrected chi connectivity index (χ3v) is 14.7. The predicted molar refractivity (Wildman–Crippen MR) is 288 cm³/mol. The Bertz CT molecular complexity index is 3720. The van der Waals surface area contributed by atoms with Crippen LogP contribution in [-0.4, -0.2) is 19.5 Å². The van der Waals surface area contributed by atoms with Gasteiger partial charge >= 0.3 is 0 Å². The molecule has 0 saturated heterocycles. The van der Waals surface area contributed by atoms with Crippen molar-refractivity contribution in [2.45, 2.75) is 13.3 Å². The molecule has 3 aromatic heterocycles. The first-order valence-electron chi connectivity index (χ1n) is 23.3. The maximum Gasteiger partial charge on any atom is 0.164 e. The topological polar surface area (TPSA) is 43.6 Å². The van der Waals surface area contributed by atoms with Gasteiger partial charge in [0.2, 0.25) is 0 Å². The van der Waals surface area contributed by atoms with Gasteiger partial charge in [0, 0.05) is 58.8 Å². The Hall–Kier alpha value is -8.25. The first kappa shape index (κ1) is 41.2. The standard InChI is InChI=1S/C63H46N4S/c1-3-20-49(41(2)42-21-8-4-9-22-42)63-65-61(47-35-33-44(34-36-47)43-23-10-5-11-24-43)64-62(66-63)48-39-53(45-25-12-6-13-26-45)59(54(40-48)46-27-14-7-15-28-46)67-55-31-18-16-29-50(55)51-37-38-57-58(60(51)67)52-30-17-19-32-56(52)68-57/h3-21,23-42H,1,22H2,2H3/b49-20+. The van der Waals surface area contributed by atoms with E-state index in [9.17, 15) is 0 Å². The zero-order valence-electron chi connectivity index (χ0n) is 37.6. The number of hydrogen-bond donors (Lipinski definition) is 0. The predicted octanol–water partition coefficient (Wildman–Crippen LogP) is 17.0. The van der Waals surface area contributed by atoms with Crippen LogP contribution >= 0.6 is 11.3 Å². The van der Waals surface area contributed by atoms with Crippen LogP contribution in [-0.2, 0) is 0 Å². The van der Waals surface area contributed by atoms with Crippen molar-refractivity contribution in [3.63, 3.8) is 0 Å². The van der Waals surface area contributed by atoms with Gasteiger partial charge in [-0.1, -0.05) is 208 Å². The van der Waals surface area contributed by atoms with Crippen LogP contribution in [0.15, 0.2) is 231 Å². The molecule has 0 radical (unpaired) electrons. The highest BCUT2D eigenvalue weighted by molar-refractivity contribution is 7.26. The molecular formula is C63H46N4S. The Morgan fingerprint density at radius 3 is 1.82 bits per heavy atom. The fraction of sp³-hybridized carbons (Fsp3) is 0.0635. The first-order chi connectivity index (χ1) is 33.6. The molecule has 2 atom stereocenters. The van der Waals surface area contributed by atoms with Crippen molar-refractivity contribution in [3.05, 3.63) is 237 Å². The molecular weight excluding hydrogens is 845 g/mol. The number of hydrogen-bond acceptors (Lipinski definition) is 4. The highest BCUT2D eigenvalue weighted by Crippen LogP contribution is 2.48. The molecule has 8 aromatic carbocycles. The van der Waals surface area contributed by atoms with Gasteiger partial charge in [0.15, 0.2) is 17.5 Å². The summed E-state index contributed by atoms with van der Waals surface area (Å²) in [5.74, 6) is 2.26. The third kappa shape index (κ3) is 7.29. The zero-order valence-corrected chi connectivity index (χ0v) is 38.4. The Balaban J connectivity index is 1.16. The number of benzene rings is 8. The van der Waals surface area contributed by atoms with E-state index >= 15 is 0 Å². The largest absolute Gasteiger partial charge is 0.307 e. The van der Waals surface area contributed by atoms with Crippen LogP contribution in [0.25, 0.3) is 109 Å². The number of allylic oxidation sites excluding steroid dienone is 7. The average molecular weight is 891 g/mol. The second-order valence-corrected chi connectivity index (χ2v) is 18.6. The number of rotatable bonds is 10. The molecule has 0 bridgehead atoms. The summed E-state index contributed by atoms with van der Waals surface area (Å²) >= 11 is 1.85. The number of para-hydroxylation sites is 1. The second-order valence-electron chi connectivity index (χ2n) is 17.5. The van der Waals surface area contributed by atoms with E-state index in [1.165, 1.54) is 36.5 Å². The first-order valence-corrected chi connectivity index (χ1v) is 24.1. The summed E-state index contributed by atoms with van der Waals surface area (Å²) in [4.78, 5) is 16.2. The van der Waals surface area contributed by atoms with E-state index in [1.54, 1.807) is 0 Å². The molecule has 12 rings (SSSR count). The summed E-state index contributed by atoms with van der Waals surface area (Å²) in [6.45, 7) is 6.45. The highest BCUT2D eigenvalue weighted by atomic mass is 32.1. The molecule has 11 aromatic rings. The lowest BCUT2D eigenvalue weighted by molar-refractivity contribution is 0.525. The van der Waals surface area contributed by atoms with Gasteiger partial charge in [0.1, 0.15) is 0 Å². The van der Waals surface area contributed by atoms with Gasteiger partial charge in [-0.25, -0.2) is 15.0 Å². The minimum atomic E-state index is 0.111. The zero-order chi connectivity index (χ0) is 45.6. The molecule has 1 aliphatic carbocycles. The van der Waals surface area contributed by atoms with E-state index in [2.05, 4.69) is 230 Å². The molecule has 0 amide bonds. The maximum absolute atomic E-state index is 5.47. The van der Waals surface area contributed by atoms with Crippen LogP contribution in [0.2, 0.25) is 0 Å². The summed E-state index contributed by atoms with van der Waals surface area (Å²) in [6, 6.07) is 67.5. The Kier molecular flexibility index (Phi) is 10.6. The Morgan fingerprint density at radius 1 is 0.574 bits per heavy atom. The smallest absolute Gasteiger partial charge is 0.164 e. The maximum atomic E-state index is 5.47. The van der Waals surface area contributed by atoms with Crippen molar-refractivity contribution in [3.8, 4) is 61.8 Å². The monoisotopic (exact) mass is 890 g/mol. The highest BCUT2D eigenvalue weighted by Gasteiger charge is 2.27. The minimum Gasteiger partial charge on any atom is -0.307 e. The molecule has 2 unspecified atom stereocenters. The van der Waals surface area contributed by atoms with Gasteiger partial charge in [-0.2, -0.15) is 0 Å². The molecule has 0 spiro atoms. The van der Waals surface area contributed by atoms with Crippen LogP contribution in [0.1, 0.15) is 19.2 Å². The van der Waals surface area contributed by atoms with Crippen LogP contribution in [0.5, 0.6) is 0 Å². The van der Waals surface area contributed by atoms with Gasteiger partial charge in [0.25, 0.3) is 0 Å². The Labute approximate surface area is 400 Å². The van der Waals surface area contributed by atoms with Gasteiger partial charge < -0.3 is 4.57 Å². The molecule has 5 heteroatoms. The lowest BCUT2D eigenvalue weighted by Gasteiger charge is -2.24. The average Bonchev–Trinajstić information content (AvgIpc) is 3.96. The summed E-state index contributed by atoms with van der Waals surface area (Å²) in [5.41, 5.74) is 12.9. The van der Waals surface area contributed by atoms with Gasteiger partial charge in [-0.05, 0) is 70.8 Å². The van der Waals surface area contributed by atoms with Crippen molar-refractivity contribution >= 4 is 58.9 Å². The molecule has 324 valence electrons.